The third-order valence-corrected chi connectivity index (χ3v) is 8.14. The summed E-state index contributed by atoms with van der Waals surface area (Å²) in [5.74, 6) is 0.684. The second kappa shape index (κ2) is 14.7. The number of aromatic nitrogens is 1. The van der Waals surface area contributed by atoms with Crippen molar-refractivity contribution in [2.24, 2.45) is 0 Å². The first-order chi connectivity index (χ1) is 19.7. The van der Waals surface area contributed by atoms with Crippen LogP contribution in [0.2, 0.25) is 0 Å². The van der Waals surface area contributed by atoms with Crippen molar-refractivity contribution in [1.82, 2.24) is 9.47 Å². The van der Waals surface area contributed by atoms with Crippen molar-refractivity contribution in [1.29, 1.82) is 5.26 Å². The van der Waals surface area contributed by atoms with E-state index in [1.54, 1.807) is 27.2 Å². The first-order valence-corrected chi connectivity index (χ1v) is 14.5. The smallest absolute Gasteiger partial charge is 0.303 e. The highest BCUT2D eigenvalue weighted by atomic mass is 32.2. The normalized spacial score (nSPS) is 13.9. The lowest BCUT2D eigenvalue weighted by Crippen LogP contribution is -2.29. The Bertz CT molecular complexity index is 1460. The zero-order valence-electron chi connectivity index (χ0n) is 23.6. The number of ether oxygens (including phenoxy) is 2. The van der Waals surface area contributed by atoms with Gasteiger partial charge in [-0.2, -0.15) is 5.26 Å². The second-order valence-electron chi connectivity index (χ2n) is 9.33. The average molecular weight is 599 g/mol. The van der Waals surface area contributed by atoms with E-state index in [1.165, 1.54) is 21.2 Å². The fraction of sp³-hybridized carbons (Fsp3) is 0.414. The molecule has 2 N–H and O–H groups in total. The number of unbranched alkanes of at least 4 members (excludes halogenated alkanes) is 2. The Kier molecular flexibility index (Phi) is 11.4. The number of pyridine rings is 1. The van der Waals surface area contributed by atoms with Crippen LogP contribution in [0.15, 0.2) is 27.9 Å². The summed E-state index contributed by atoms with van der Waals surface area (Å²) in [6, 6.07) is 7.69. The zero-order valence-corrected chi connectivity index (χ0v) is 25.2. The van der Waals surface area contributed by atoms with Crippen LogP contribution in [-0.4, -0.2) is 58.1 Å². The molecular formula is C29H34N4O6S2. The van der Waals surface area contributed by atoms with Gasteiger partial charge in [-0.25, -0.2) is 0 Å². The highest BCUT2D eigenvalue weighted by molar-refractivity contribution is 8.26. The van der Waals surface area contributed by atoms with E-state index < -0.39 is 11.5 Å². The number of carbonyl (C=O) groups is 2. The summed E-state index contributed by atoms with van der Waals surface area (Å²) in [5, 5.41) is 22.0. The molecule has 0 radical (unpaired) electrons. The summed E-state index contributed by atoms with van der Waals surface area (Å²) in [6.45, 7) is 4.72. The summed E-state index contributed by atoms with van der Waals surface area (Å²) in [4.78, 5) is 39.1. The number of thiocarbonyl (C=S) groups is 1. The summed E-state index contributed by atoms with van der Waals surface area (Å²) in [7, 11) is 3.15. The average Bonchev–Trinajstić information content (AvgIpc) is 3.22. The number of thioether (sulfide) groups is 1. The topological polar surface area (TPSA) is 134 Å². The molecule has 0 bridgehead atoms. The fourth-order valence-corrected chi connectivity index (χ4v) is 5.85. The van der Waals surface area contributed by atoms with E-state index in [0.29, 0.717) is 83.0 Å². The first-order valence-electron chi connectivity index (χ1n) is 13.3. The highest BCUT2D eigenvalue weighted by Gasteiger charge is 2.32. The highest BCUT2D eigenvalue weighted by Crippen LogP contribution is 2.35. The van der Waals surface area contributed by atoms with E-state index >= 15 is 0 Å². The Morgan fingerprint density at radius 1 is 1.20 bits per heavy atom. The van der Waals surface area contributed by atoms with Gasteiger partial charge < -0.3 is 19.9 Å². The number of hydrogen-bond donors (Lipinski definition) is 2. The summed E-state index contributed by atoms with van der Waals surface area (Å²) in [5.41, 5.74) is 1.69. The molecule has 1 aliphatic heterocycles. The van der Waals surface area contributed by atoms with Crippen LogP contribution in [0.3, 0.4) is 0 Å². The molecule has 0 atom stereocenters. The van der Waals surface area contributed by atoms with Gasteiger partial charge in [-0.05, 0) is 62.4 Å². The molecule has 1 aliphatic rings. The summed E-state index contributed by atoms with van der Waals surface area (Å²) in [6.07, 6.45) is 4.24. The Labute approximate surface area is 248 Å². The molecule has 12 heteroatoms. The molecule has 218 valence electrons. The molecule has 2 aromatic rings. The maximum atomic E-state index is 13.3. The van der Waals surface area contributed by atoms with Crippen molar-refractivity contribution in [3.05, 3.63) is 55.7 Å². The van der Waals surface area contributed by atoms with Gasteiger partial charge in [-0.1, -0.05) is 36.5 Å². The van der Waals surface area contributed by atoms with Gasteiger partial charge in [0.05, 0.1) is 19.1 Å². The van der Waals surface area contributed by atoms with E-state index in [2.05, 4.69) is 5.32 Å². The number of hydrogen-bond acceptors (Lipinski definition) is 9. The fourth-order valence-electron chi connectivity index (χ4n) is 4.56. The third-order valence-electron chi connectivity index (χ3n) is 6.77. The number of carboxylic acid groups (broad SMARTS) is 1. The predicted molar refractivity (Wildman–Crippen MR) is 164 cm³/mol. The SMILES string of the molecule is CCn1c(NCCc2ccc(OC)c(OC)c2)c(/C=C2/SC(=S)N(CCCCCC(=O)O)C2=O)c(C)c(C#N)c1=O. The molecule has 1 aromatic carbocycles. The van der Waals surface area contributed by atoms with Crippen molar-refractivity contribution in [3.63, 3.8) is 0 Å². The zero-order chi connectivity index (χ0) is 30.1. The molecule has 0 unspecified atom stereocenters. The molecule has 0 spiro atoms. The van der Waals surface area contributed by atoms with Crippen LogP contribution >= 0.6 is 24.0 Å². The number of rotatable bonds is 14. The number of nitrogens with zero attached hydrogens (tertiary/aromatic N) is 3. The van der Waals surface area contributed by atoms with Gasteiger partial charge in [0, 0.05) is 31.6 Å². The Balaban J connectivity index is 1.89. The van der Waals surface area contributed by atoms with Crippen LogP contribution in [0, 0.1) is 18.3 Å². The van der Waals surface area contributed by atoms with Gasteiger partial charge in [-0.3, -0.25) is 23.9 Å². The molecule has 2 heterocycles. The quantitative estimate of drug-likeness (QED) is 0.181. The molecule has 1 amide bonds. The van der Waals surface area contributed by atoms with Gasteiger partial charge in [-0.15, -0.1) is 0 Å². The van der Waals surface area contributed by atoms with E-state index in [0.717, 1.165) is 5.56 Å². The third kappa shape index (κ3) is 7.48. The Morgan fingerprint density at radius 2 is 1.93 bits per heavy atom. The predicted octanol–water partition coefficient (Wildman–Crippen LogP) is 4.57. The molecule has 0 saturated carbocycles. The van der Waals surface area contributed by atoms with E-state index in [-0.39, 0.29) is 17.9 Å². The molecule has 3 rings (SSSR count). The maximum Gasteiger partial charge on any atom is 0.303 e. The van der Waals surface area contributed by atoms with Gasteiger partial charge >= 0.3 is 5.97 Å². The lowest BCUT2D eigenvalue weighted by molar-refractivity contribution is -0.137. The van der Waals surface area contributed by atoms with Crippen molar-refractivity contribution >= 4 is 52.1 Å². The van der Waals surface area contributed by atoms with Crippen LogP contribution in [0.25, 0.3) is 6.08 Å². The van der Waals surface area contributed by atoms with Crippen molar-refractivity contribution < 1.29 is 24.2 Å². The number of nitrogens with one attached hydrogen (secondary N) is 1. The van der Waals surface area contributed by atoms with Crippen LogP contribution in [-0.2, 0) is 22.6 Å². The number of carbonyl (C=O) groups excluding carboxylic acids is 1. The van der Waals surface area contributed by atoms with Crippen molar-refractivity contribution in [3.8, 4) is 17.6 Å². The standard InChI is InChI=1S/C29H34N4O6S2/c1-5-32-26(31-13-12-19-10-11-22(38-3)23(15-19)39-4)20(18(2)21(17-30)27(32)36)16-24-28(37)33(29(40)41-24)14-8-6-7-9-25(34)35/h10-11,15-16,31H,5-9,12-14H2,1-4H3,(H,34,35)/b24-16+. The largest absolute Gasteiger partial charge is 0.493 e. The number of methoxy groups -OCH3 is 2. The number of carboxylic acids is 1. The maximum absolute atomic E-state index is 13.3. The lowest BCUT2D eigenvalue weighted by atomic mass is 10.0. The molecule has 0 aliphatic carbocycles. The molecule has 1 fully saturated rings. The molecule has 1 aromatic heterocycles. The minimum Gasteiger partial charge on any atom is -0.493 e. The van der Waals surface area contributed by atoms with Crippen LogP contribution in [0.4, 0.5) is 5.82 Å². The minimum atomic E-state index is -0.841. The summed E-state index contributed by atoms with van der Waals surface area (Å²) >= 11 is 6.64. The molecule has 41 heavy (non-hydrogen) atoms. The van der Waals surface area contributed by atoms with Crippen LogP contribution in [0.5, 0.6) is 11.5 Å². The second-order valence-corrected chi connectivity index (χ2v) is 11.0. The first kappa shape index (κ1) is 31.7. The van der Waals surface area contributed by atoms with E-state index in [4.69, 9.17) is 26.8 Å². The van der Waals surface area contributed by atoms with Crippen LogP contribution < -0.4 is 20.3 Å². The van der Waals surface area contributed by atoms with E-state index in [1.807, 2.05) is 31.2 Å². The summed E-state index contributed by atoms with van der Waals surface area (Å²) < 4.78 is 12.6. The number of nitriles is 1. The van der Waals surface area contributed by atoms with Gasteiger partial charge in [0.1, 0.15) is 21.8 Å². The molecular weight excluding hydrogens is 564 g/mol. The monoisotopic (exact) mass is 598 g/mol. The number of aliphatic carboxylic acids is 1. The van der Waals surface area contributed by atoms with Crippen molar-refractivity contribution in [2.45, 2.75) is 52.5 Å². The van der Waals surface area contributed by atoms with Gasteiger partial charge in [0.15, 0.2) is 11.5 Å². The Hall–Kier alpha value is -3.82. The number of anilines is 1. The minimum absolute atomic E-state index is 0.0254. The van der Waals surface area contributed by atoms with Crippen LogP contribution in [0.1, 0.15) is 54.9 Å². The Morgan fingerprint density at radius 3 is 2.56 bits per heavy atom. The van der Waals surface area contributed by atoms with Crippen molar-refractivity contribution in [2.75, 3.05) is 32.6 Å². The number of amides is 1. The van der Waals surface area contributed by atoms with E-state index in [9.17, 15) is 19.6 Å². The van der Waals surface area contributed by atoms with Gasteiger partial charge in [0.25, 0.3) is 11.5 Å². The molecule has 10 nitrogen and oxygen atoms in total. The molecule has 1 saturated heterocycles. The number of benzene rings is 1. The lowest BCUT2D eigenvalue weighted by Gasteiger charge is -2.19. The van der Waals surface area contributed by atoms with Gasteiger partial charge in [0.2, 0.25) is 0 Å².